The largest absolute Gasteiger partial charge is 0.396 e. The maximum atomic E-state index is 10.5. The molecule has 0 saturated heterocycles. The molecule has 2 heteroatoms. The summed E-state index contributed by atoms with van der Waals surface area (Å²) in [5, 5.41) is 20.3. The van der Waals surface area contributed by atoms with Crippen LogP contribution in [0.4, 0.5) is 0 Å². The SMILES string of the molecule is CC1(C)CCC[C@@]2(C)[C@H]1CC[C@@](C)(O)[C@H]2CO. The predicted octanol–water partition coefficient (Wildman–Crippen LogP) is 2.97. The van der Waals surface area contributed by atoms with Gasteiger partial charge in [0.2, 0.25) is 0 Å². The molecule has 0 aliphatic heterocycles. The lowest BCUT2D eigenvalue weighted by atomic mass is 9.46. The second-order valence-corrected chi connectivity index (χ2v) is 7.53. The first kappa shape index (κ1) is 13.4. The van der Waals surface area contributed by atoms with Gasteiger partial charge in [-0.05, 0) is 49.4 Å². The van der Waals surface area contributed by atoms with Gasteiger partial charge >= 0.3 is 0 Å². The van der Waals surface area contributed by atoms with Gasteiger partial charge in [0, 0.05) is 12.5 Å². The van der Waals surface area contributed by atoms with Crippen LogP contribution in [0.1, 0.15) is 59.8 Å². The summed E-state index contributed by atoms with van der Waals surface area (Å²) in [7, 11) is 0. The van der Waals surface area contributed by atoms with Crippen LogP contribution in [0.25, 0.3) is 0 Å². The molecule has 0 radical (unpaired) electrons. The van der Waals surface area contributed by atoms with E-state index in [4.69, 9.17) is 0 Å². The number of hydrogen-bond acceptors (Lipinski definition) is 2. The second-order valence-electron chi connectivity index (χ2n) is 7.53. The van der Waals surface area contributed by atoms with E-state index in [1.54, 1.807) is 0 Å². The molecule has 0 aromatic carbocycles. The normalized spacial score (nSPS) is 49.8. The van der Waals surface area contributed by atoms with Crippen molar-refractivity contribution >= 4 is 0 Å². The third-order valence-corrected chi connectivity index (χ3v) is 5.94. The lowest BCUT2D eigenvalue weighted by Gasteiger charge is -2.60. The van der Waals surface area contributed by atoms with Crippen LogP contribution < -0.4 is 0 Å². The van der Waals surface area contributed by atoms with Gasteiger partial charge in [0.05, 0.1) is 5.60 Å². The fourth-order valence-electron chi connectivity index (χ4n) is 5.03. The van der Waals surface area contributed by atoms with E-state index in [1.165, 1.54) is 12.8 Å². The summed E-state index contributed by atoms with van der Waals surface area (Å²) in [4.78, 5) is 0. The topological polar surface area (TPSA) is 40.5 Å². The number of aliphatic hydroxyl groups is 2. The van der Waals surface area contributed by atoms with E-state index < -0.39 is 5.60 Å². The molecular formula is C15H28O2. The van der Waals surface area contributed by atoms with E-state index in [2.05, 4.69) is 20.8 Å². The minimum Gasteiger partial charge on any atom is -0.396 e. The van der Waals surface area contributed by atoms with E-state index in [0.717, 1.165) is 19.3 Å². The van der Waals surface area contributed by atoms with Crippen LogP contribution in [0.5, 0.6) is 0 Å². The number of hydrogen-bond donors (Lipinski definition) is 2. The minimum atomic E-state index is -0.687. The zero-order valence-corrected chi connectivity index (χ0v) is 11.8. The molecule has 0 spiro atoms. The first-order valence-electron chi connectivity index (χ1n) is 7.07. The molecule has 2 fully saturated rings. The number of rotatable bonds is 1. The second kappa shape index (κ2) is 3.96. The van der Waals surface area contributed by atoms with Gasteiger partial charge in [-0.25, -0.2) is 0 Å². The van der Waals surface area contributed by atoms with Crippen molar-refractivity contribution in [3.63, 3.8) is 0 Å². The van der Waals surface area contributed by atoms with Crippen molar-refractivity contribution in [1.82, 2.24) is 0 Å². The van der Waals surface area contributed by atoms with E-state index in [9.17, 15) is 10.2 Å². The fraction of sp³-hybridized carbons (Fsp3) is 1.00. The molecular weight excluding hydrogens is 212 g/mol. The highest BCUT2D eigenvalue weighted by atomic mass is 16.3. The third-order valence-electron chi connectivity index (χ3n) is 5.94. The van der Waals surface area contributed by atoms with Crippen LogP contribution in [-0.2, 0) is 0 Å². The zero-order chi connectivity index (χ0) is 12.9. The van der Waals surface area contributed by atoms with E-state index in [-0.39, 0.29) is 17.9 Å². The summed E-state index contributed by atoms with van der Waals surface area (Å²) in [5.74, 6) is 0.675. The molecule has 2 aliphatic carbocycles. The van der Waals surface area contributed by atoms with Gasteiger partial charge in [0.1, 0.15) is 0 Å². The van der Waals surface area contributed by atoms with Crippen LogP contribution in [0, 0.1) is 22.7 Å². The summed E-state index contributed by atoms with van der Waals surface area (Å²) in [6, 6.07) is 0. The maximum absolute atomic E-state index is 10.5. The monoisotopic (exact) mass is 240 g/mol. The van der Waals surface area contributed by atoms with Crippen molar-refractivity contribution in [3.8, 4) is 0 Å². The molecule has 100 valence electrons. The average molecular weight is 240 g/mol. The molecule has 0 bridgehead atoms. The Morgan fingerprint density at radius 2 is 1.71 bits per heavy atom. The van der Waals surface area contributed by atoms with Gasteiger partial charge in [-0.3, -0.25) is 0 Å². The quantitative estimate of drug-likeness (QED) is 0.740. The van der Waals surface area contributed by atoms with Crippen molar-refractivity contribution in [1.29, 1.82) is 0 Å². The highest BCUT2D eigenvalue weighted by Crippen LogP contribution is 2.61. The molecule has 17 heavy (non-hydrogen) atoms. The van der Waals surface area contributed by atoms with Gasteiger partial charge in [-0.2, -0.15) is 0 Å². The van der Waals surface area contributed by atoms with Crippen molar-refractivity contribution in [3.05, 3.63) is 0 Å². The van der Waals surface area contributed by atoms with Crippen molar-refractivity contribution < 1.29 is 10.2 Å². The average Bonchev–Trinajstić information content (AvgIpc) is 2.14. The van der Waals surface area contributed by atoms with Crippen LogP contribution >= 0.6 is 0 Å². The maximum Gasteiger partial charge on any atom is 0.0675 e. The van der Waals surface area contributed by atoms with Gasteiger partial charge in [-0.15, -0.1) is 0 Å². The molecule has 2 aliphatic rings. The summed E-state index contributed by atoms with van der Waals surface area (Å²) in [5.41, 5.74) is -0.220. The summed E-state index contributed by atoms with van der Waals surface area (Å²) in [6.45, 7) is 9.06. The Hall–Kier alpha value is -0.0800. The van der Waals surface area contributed by atoms with Gasteiger partial charge < -0.3 is 10.2 Å². The van der Waals surface area contributed by atoms with Crippen molar-refractivity contribution in [2.75, 3.05) is 6.61 Å². The molecule has 0 aromatic heterocycles. The van der Waals surface area contributed by atoms with E-state index >= 15 is 0 Å². The molecule has 0 aromatic rings. The van der Waals surface area contributed by atoms with Crippen LogP contribution in [0.15, 0.2) is 0 Å². The zero-order valence-electron chi connectivity index (χ0n) is 11.8. The Kier molecular flexibility index (Phi) is 3.11. The Morgan fingerprint density at radius 3 is 2.29 bits per heavy atom. The van der Waals surface area contributed by atoms with Crippen LogP contribution in [0.3, 0.4) is 0 Å². The minimum absolute atomic E-state index is 0.0355. The van der Waals surface area contributed by atoms with Gasteiger partial charge in [-0.1, -0.05) is 27.2 Å². The predicted molar refractivity (Wildman–Crippen MR) is 69.7 cm³/mol. The first-order chi connectivity index (χ1) is 7.74. The van der Waals surface area contributed by atoms with Gasteiger partial charge in [0.25, 0.3) is 0 Å². The lowest BCUT2D eigenvalue weighted by Crippen LogP contribution is -2.58. The molecule has 2 N–H and O–H groups in total. The summed E-state index contributed by atoms with van der Waals surface area (Å²) >= 11 is 0. The molecule has 2 saturated carbocycles. The lowest BCUT2D eigenvalue weighted by molar-refractivity contribution is -0.178. The molecule has 0 heterocycles. The van der Waals surface area contributed by atoms with Crippen LogP contribution in [-0.4, -0.2) is 22.4 Å². The smallest absolute Gasteiger partial charge is 0.0675 e. The van der Waals surface area contributed by atoms with E-state index in [1.807, 2.05) is 6.92 Å². The molecule has 0 amide bonds. The Labute approximate surface area is 105 Å². The standard InChI is InChI=1S/C15H28O2/c1-13(2)7-5-8-14(3)11(13)6-9-15(4,17)12(14)10-16/h11-12,16-17H,5-10H2,1-4H3/t11-,12-,14-,15+/m0/s1. The highest BCUT2D eigenvalue weighted by Gasteiger charge is 2.57. The highest BCUT2D eigenvalue weighted by molar-refractivity contribution is 5.07. The third kappa shape index (κ3) is 1.94. The molecule has 2 nitrogen and oxygen atoms in total. The number of fused-ring (bicyclic) bond motifs is 1. The van der Waals surface area contributed by atoms with Crippen molar-refractivity contribution in [2.24, 2.45) is 22.7 Å². The fourth-order valence-corrected chi connectivity index (χ4v) is 5.03. The molecule has 2 rings (SSSR count). The number of aliphatic hydroxyl groups excluding tert-OH is 1. The molecule has 4 atom stereocenters. The summed E-state index contributed by atoms with van der Waals surface area (Å²) in [6.07, 6.45) is 5.61. The van der Waals surface area contributed by atoms with E-state index in [0.29, 0.717) is 11.3 Å². The van der Waals surface area contributed by atoms with Gasteiger partial charge in [0.15, 0.2) is 0 Å². The summed E-state index contributed by atoms with van der Waals surface area (Å²) < 4.78 is 0. The van der Waals surface area contributed by atoms with Crippen molar-refractivity contribution in [2.45, 2.75) is 65.4 Å². The molecule has 0 unspecified atom stereocenters. The first-order valence-corrected chi connectivity index (χ1v) is 7.07. The van der Waals surface area contributed by atoms with Crippen LogP contribution in [0.2, 0.25) is 0 Å². The Bertz CT molecular complexity index is 283. The Balaban J connectivity index is 2.37. The Morgan fingerprint density at radius 1 is 1.06 bits per heavy atom.